The molecule has 4 nitrogen and oxygen atoms in total. The molecular weight excluding hydrogens is 214 g/mol. The SMILES string of the molecule is CCCCOc1ccc(Cl)c(C(=N)N)n1. The van der Waals surface area contributed by atoms with E-state index in [2.05, 4.69) is 11.9 Å². The molecule has 0 fully saturated rings. The number of hydrogen-bond acceptors (Lipinski definition) is 3. The van der Waals surface area contributed by atoms with Gasteiger partial charge in [-0.25, -0.2) is 4.98 Å². The van der Waals surface area contributed by atoms with Crippen LogP contribution in [-0.2, 0) is 0 Å². The Balaban J connectivity index is 2.74. The number of amidine groups is 1. The molecule has 82 valence electrons. The molecule has 1 aromatic rings. The number of ether oxygens (including phenoxy) is 1. The number of rotatable bonds is 5. The normalized spacial score (nSPS) is 10.0. The van der Waals surface area contributed by atoms with Crippen LogP contribution in [0.2, 0.25) is 5.02 Å². The molecule has 1 heterocycles. The highest BCUT2D eigenvalue weighted by atomic mass is 35.5. The molecule has 0 amide bonds. The number of unbranched alkanes of at least 4 members (excludes halogenated alkanes) is 1. The molecule has 1 aromatic heterocycles. The summed E-state index contributed by atoms with van der Waals surface area (Å²) in [6, 6.07) is 3.30. The van der Waals surface area contributed by atoms with Gasteiger partial charge in [0.15, 0.2) is 0 Å². The summed E-state index contributed by atoms with van der Waals surface area (Å²) in [6.45, 7) is 2.70. The third-order valence-corrected chi connectivity index (χ3v) is 2.13. The van der Waals surface area contributed by atoms with Gasteiger partial charge in [-0.05, 0) is 12.5 Å². The highest BCUT2D eigenvalue weighted by molar-refractivity contribution is 6.33. The average molecular weight is 228 g/mol. The highest BCUT2D eigenvalue weighted by Gasteiger charge is 2.07. The fourth-order valence-corrected chi connectivity index (χ4v) is 1.22. The summed E-state index contributed by atoms with van der Waals surface area (Å²) in [5.41, 5.74) is 5.59. The van der Waals surface area contributed by atoms with Gasteiger partial charge in [-0.3, -0.25) is 5.41 Å². The summed E-state index contributed by atoms with van der Waals surface area (Å²) in [4.78, 5) is 4.04. The average Bonchev–Trinajstić information content (AvgIpc) is 2.20. The van der Waals surface area contributed by atoms with Gasteiger partial charge in [0.25, 0.3) is 0 Å². The Morgan fingerprint density at radius 2 is 2.33 bits per heavy atom. The van der Waals surface area contributed by atoms with Crippen LogP contribution in [-0.4, -0.2) is 17.4 Å². The van der Waals surface area contributed by atoms with Gasteiger partial charge in [0, 0.05) is 6.07 Å². The lowest BCUT2D eigenvalue weighted by molar-refractivity contribution is 0.297. The Hall–Kier alpha value is -1.29. The van der Waals surface area contributed by atoms with Crippen molar-refractivity contribution in [3.63, 3.8) is 0 Å². The minimum atomic E-state index is -0.152. The summed E-state index contributed by atoms with van der Waals surface area (Å²) in [7, 11) is 0. The van der Waals surface area contributed by atoms with E-state index >= 15 is 0 Å². The number of nitrogens with two attached hydrogens (primary N) is 1. The second-order valence-corrected chi connectivity index (χ2v) is 3.50. The molecule has 0 bridgehead atoms. The summed E-state index contributed by atoms with van der Waals surface area (Å²) in [5, 5.41) is 7.63. The fraction of sp³-hybridized carbons (Fsp3) is 0.400. The number of nitrogens with zero attached hydrogens (tertiary/aromatic N) is 1. The van der Waals surface area contributed by atoms with Gasteiger partial charge in [0.2, 0.25) is 5.88 Å². The van der Waals surface area contributed by atoms with Gasteiger partial charge in [-0.1, -0.05) is 24.9 Å². The molecule has 0 unspecified atom stereocenters. The molecule has 3 N–H and O–H groups in total. The fourth-order valence-electron chi connectivity index (χ4n) is 1.01. The van der Waals surface area contributed by atoms with Crippen molar-refractivity contribution in [1.82, 2.24) is 4.98 Å². The predicted octanol–water partition coefficient (Wildman–Crippen LogP) is 2.20. The quantitative estimate of drug-likeness (QED) is 0.460. The number of nitrogen functional groups attached to an aromatic ring is 1. The molecule has 1 rings (SSSR count). The van der Waals surface area contributed by atoms with Crippen molar-refractivity contribution in [3.8, 4) is 5.88 Å². The zero-order valence-corrected chi connectivity index (χ0v) is 9.34. The van der Waals surface area contributed by atoms with Crippen LogP contribution in [0.25, 0.3) is 0 Å². The van der Waals surface area contributed by atoms with Crippen LogP contribution in [0.1, 0.15) is 25.5 Å². The predicted molar refractivity (Wildman–Crippen MR) is 60.7 cm³/mol. The molecule has 0 radical (unpaired) electrons. The van der Waals surface area contributed by atoms with Gasteiger partial charge in [0.1, 0.15) is 11.5 Å². The molecule has 0 aromatic carbocycles. The van der Waals surface area contributed by atoms with E-state index in [0.29, 0.717) is 17.5 Å². The van der Waals surface area contributed by atoms with Crippen LogP contribution in [0, 0.1) is 5.41 Å². The number of hydrogen-bond donors (Lipinski definition) is 2. The zero-order chi connectivity index (χ0) is 11.3. The van der Waals surface area contributed by atoms with Gasteiger partial charge in [-0.15, -0.1) is 0 Å². The van der Waals surface area contributed by atoms with Crippen molar-refractivity contribution in [1.29, 1.82) is 5.41 Å². The first kappa shape index (κ1) is 11.8. The summed E-state index contributed by atoms with van der Waals surface area (Å²) < 4.78 is 5.37. The van der Waals surface area contributed by atoms with Gasteiger partial charge in [-0.2, -0.15) is 0 Å². The van der Waals surface area contributed by atoms with E-state index in [4.69, 9.17) is 27.5 Å². The first-order valence-corrected chi connectivity index (χ1v) is 5.16. The minimum Gasteiger partial charge on any atom is -0.478 e. The summed E-state index contributed by atoms with van der Waals surface area (Å²) in [5.74, 6) is 0.305. The van der Waals surface area contributed by atoms with Crippen molar-refractivity contribution in [3.05, 3.63) is 22.8 Å². The standard InChI is InChI=1S/C10H14ClN3O/c1-2-3-6-15-8-5-4-7(11)9(14-8)10(12)13/h4-5H,2-3,6H2,1H3,(H3,12,13). The molecular formula is C10H14ClN3O. The van der Waals surface area contributed by atoms with Crippen molar-refractivity contribution in [2.45, 2.75) is 19.8 Å². The summed E-state index contributed by atoms with van der Waals surface area (Å²) in [6.07, 6.45) is 2.03. The lowest BCUT2D eigenvalue weighted by Crippen LogP contribution is -2.14. The number of halogens is 1. The van der Waals surface area contributed by atoms with E-state index in [-0.39, 0.29) is 11.5 Å². The smallest absolute Gasteiger partial charge is 0.213 e. The molecule has 0 saturated carbocycles. The summed E-state index contributed by atoms with van der Waals surface area (Å²) >= 11 is 5.81. The third kappa shape index (κ3) is 3.40. The topological polar surface area (TPSA) is 72.0 Å². The molecule has 0 aliphatic rings. The Morgan fingerprint density at radius 1 is 1.60 bits per heavy atom. The number of pyridine rings is 1. The molecule has 15 heavy (non-hydrogen) atoms. The lowest BCUT2D eigenvalue weighted by Gasteiger charge is -2.06. The molecule has 0 saturated heterocycles. The first-order valence-electron chi connectivity index (χ1n) is 4.79. The van der Waals surface area contributed by atoms with Gasteiger partial charge < -0.3 is 10.5 Å². The Bertz CT molecular complexity index is 355. The monoisotopic (exact) mass is 227 g/mol. The van der Waals surface area contributed by atoms with Crippen LogP contribution in [0.5, 0.6) is 5.88 Å². The maximum atomic E-state index is 7.26. The highest BCUT2D eigenvalue weighted by Crippen LogP contribution is 2.17. The van der Waals surface area contributed by atoms with E-state index in [9.17, 15) is 0 Å². The second kappa shape index (κ2) is 5.56. The molecule has 0 spiro atoms. The Labute approximate surface area is 93.9 Å². The molecule has 0 aliphatic heterocycles. The second-order valence-electron chi connectivity index (χ2n) is 3.10. The third-order valence-electron chi connectivity index (χ3n) is 1.82. The van der Waals surface area contributed by atoms with Crippen LogP contribution in [0.15, 0.2) is 12.1 Å². The molecule has 0 aliphatic carbocycles. The van der Waals surface area contributed by atoms with Gasteiger partial charge in [0.05, 0.1) is 11.6 Å². The molecule has 0 atom stereocenters. The van der Waals surface area contributed by atoms with E-state index in [0.717, 1.165) is 12.8 Å². The van der Waals surface area contributed by atoms with E-state index in [1.54, 1.807) is 12.1 Å². The number of nitrogens with one attached hydrogen (secondary N) is 1. The van der Waals surface area contributed by atoms with E-state index in [1.807, 2.05) is 0 Å². The Kier molecular flexibility index (Phi) is 4.37. The lowest BCUT2D eigenvalue weighted by atomic mass is 10.3. The van der Waals surface area contributed by atoms with Crippen molar-refractivity contribution < 1.29 is 4.74 Å². The minimum absolute atomic E-state index is 0.152. The van der Waals surface area contributed by atoms with Crippen molar-refractivity contribution >= 4 is 17.4 Å². The van der Waals surface area contributed by atoms with E-state index in [1.165, 1.54) is 0 Å². The number of aromatic nitrogens is 1. The van der Waals surface area contributed by atoms with Crippen LogP contribution in [0.4, 0.5) is 0 Å². The van der Waals surface area contributed by atoms with Crippen LogP contribution < -0.4 is 10.5 Å². The maximum absolute atomic E-state index is 7.26. The largest absolute Gasteiger partial charge is 0.478 e. The Morgan fingerprint density at radius 3 is 2.93 bits per heavy atom. The zero-order valence-electron chi connectivity index (χ0n) is 8.59. The van der Waals surface area contributed by atoms with Crippen molar-refractivity contribution in [2.24, 2.45) is 5.73 Å². The van der Waals surface area contributed by atoms with E-state index < -0.39 is 0 Å². The van der Waals surface area contributed by atoms with Crippen molar-refractivity contribution in [2.75, 3.05) is 6.61 Å². The van der Waals surface area contributed by atoms with Gasteiger partial charge >= 0.3 is 0 Å². The maximum Gasteiger partial charge on any atom is 0.213 e. The van der Waals surface area contributed by atoms with Crippen LogP contribution in [0.3, 0.4) is 0 Å². The first-order chi connectivity index (χ1) is 7.15. The van der Waals surface area contributed by atoms with Crippen LogP contribution >= 0.6 is 11.6 Å². The molecule has 5 heteroatoms.